The van der Waals surface area contributed by atoms with E-state index in [4.69, 9.17) is 18.6 Å². The molecule has 1 aliphatic heterocycles. The largest absolute Gasteiger partial charge is 0.497 e. The van der Waals surface area contributed by atoms with Crippen LogP contribution in [0.15, 0.2) is 84.9 Å². The molecule has 0 aliphatic carbocycles. The third-order valence-corrected chi connectivity index (χ3v) is 16.4. The van der Waals surface area contributed by atoms with E-state index in [1.807, 2.05) is 98.8 Å². The Morgan fingerprint density at radius 2 is 1.31 bits per heavy atom. The van der Waals surface area contributed by atoms with Crippen LogP contribution in [0.4, 0.5) is 9.59 Å². The number of amides is 6. The molecule has 4 N–H and O–H groups in total. The van der Waals surface area contributed by atoms with E-state index in [0.717, 1.165) is 16.7 Å². The molecular formula is C50H73N5O9Si. The van der Waals surface area contributed by atoms with Crippen LogP contribution in [-0.2, 0) is 47.5 Å². The maximum Gasteiger partial charge on any atom is 0.407 e. The highest BCUT2D eigenvalue weighted by Gasteiger charge is 2.43. The Bertz CT molecular complexity index is 2010. The molecular weight excluding hydrogens is 843 g/mol. The molecule has 0 spiro atoms. The normalized spacial score (nSPS) is 15.7. The Balaban J connectivity index is 1.72. The van der Waals surface area contributed by atoms with Gasteiger partial charge in [-0.1, -0.05) is 107 Å². The van der Waals surface area contributed by atoms with Crippen LogP contribution in [0.2, 0.25) is 18.1 Å². The zero-order valence-electron chi connectivity index (χ0n) is 40.3. The molecule has 1 heterocycles. The standard InChI is InChI=1S/C50H73N5O9Si/c1-34(2)43(46(58)51-41(32-36-21-16-13-17-22-36)45(57)54-47(59)55-25-27-62-28-26-55)53-44(56)38(29-37-23-18-24-39(30-37)61-9)33-42(64-65(10,11)50(6,7)8)40(31-35-19-14-12-15-20-35)52-48(60)63-49(3,4)5/h12-24,30,34,38,40-43H,25-29,31-33H2,1-11H3,(H,51,58)(H,52,60)(H,53,56)(H,54,57,59). The Hall–Kier alpha value is -5.25. The van der Waals surface area contributed by atoms with Crippen molar-refractivity contribution in [1.82, 2.24) is 26.2 Å². The smallest absolute Gasteiger partial charge is 0.407 e. The number of rotatable bonds is 19. The second-order valence-corrected chi connectivity index (χ2v) is 24.5. The number of ether oxygens (including phenoxy) is 3. The Morgan fingerprint density at radius 1 is 0.723 bits per heavy atom. The van der Waals surface area contributed by atoms with E-state index in [1.54, 1.807) is 27.9 Å². The van der Waals surface area contributed by atoms with Gasteiger partial charge in [-0.25, -0.2) is 9.59 Å². The van der Waals surface area contributed by atoms with Crippen LogP contribution >= 0.6 is 0 Å². The number of hydrogen-bond acceptors (Lipinski definition) is 9. The molecule has 5 unspecified atom stereocenters. The molecule has 0 radical (unpaired) electrons. The lowest BCUT2D eigenvalue weighted by molar-refractivity contribution is -0.134. The number of hydrogen-bond donors (Lipinski definition) is 4. The van der Waals surface area contributed by atoms with Crippen LogP contribution in [0.5, 0.6) is 5.75 Å². The van der Waals surface area contributed by atoms with E-state index in [-0.39, 0.29) is 24.3 Å². The zero-order valence-corrected chi connectivity index (χ0v) is 41.3. The van der Waals surface area contributed by atoms with E-state index < -0.39 is 79.8 Å². The monoisotopic (exact) mass is 916 g/mol. The third kappa shape index (κ3) is 16.9. The molecule has 5 atom stereocenters. The highest BCUT2D eigenvalue weighted by Crippen LogP contribution is 2.39. The van der Waals surface area contributed by atoms with Gasteiger partial charge in [-0.3, -0.25) is 19.7 Å². The van der Waals surface area contributed by atoms with Crippen molar-refractivity contribution in [3.8, 4) is 5.75 Å². The molecule has 65 heavy (non-hydrogen) atoms. The average Bonchev–Trinajstić information content (AvgIpc) is 3.24. The minimum Gasteiger partial charge on any atom is -0.497 e. The maximum absolute atomic E-state index is 15.0. The Morgan fingerprint density at radius 3 is 1.86 bits per heavy atom. The summed E-state index contributed by atoms with van der Waals surface area (Å²) in [4.78, 5) is 71.5. The van der Waals surface area contributed by atoms with Crippen LogP contribution in [0.25, 0.3) is 0 Å². The molecule has 3 aromatic rings. The predicted octanol–water partition coefficient (Wildman–Crippen LogP) is 7.21. The van der Waals surface area contributed by atoms with Crippen molar-refractivity contribution in [1.29, 1.82) is 0 Å². The number of imide groups is 1. The second kappa shape index (κ2) is 23.8. The predicted molar refractivity (Wildman–Crippen MR) is 255 cm³/mol. The van der Waals surface area contributed by atoms with Gasteiger partial charge in [-0.15, -0.1) is 0 Å². The minimum absolute atomic E-state index is 0.103. The van der Waals surface area contributed by atoms with Gasteiger partial charge in [-0.05, 0) is 92.9 Å². The molecule has 0 saturated carbocycles. The fraction of sp³-hybridized carbons (Fsp3) is 0.540. The first-order chi connectivity index (χ1) is 30.5. The lowest BCUT2D eigenvalue weighted by atomic mass is 9.88. The van der Waals surface area contributed by atoms with E-state index in [0.29, 0.717) is 38.5 Å². The van der Waals surface area contributed by atoms with Crippen LogP contribution in [0, 0.1) is 11.8 Å². The molecule has 14 nitrogen and oxygen atoms in total. The third-order valence-electron chi connectivity index (χ3n) is 11.9. The first-order valence-electron chi connectivity index (χ1n) is 22.7. The number of benzene rings is 3. The lowest BCUT2D eigenvalue weighted by Gasteiger charge is -2.42. The Labute approximate surface area is 387 Å². The summed E-state index contributed by atoms with van der Waals surface area (Å²) in [5.74, 6) is -2.22. The highest BCUT2D eigenvalue weighted by atomic mass is 28.4. The van der Waals surface area contributed by atoms with Crippen LogP contribution < -0.4 is 26.0 Å². The first kappa shape index (κ1) is 52.4. The number of alkyl carbamates (subject to hydrolysis) is 1. The first-order valence-corrected chi connectivity index (χ1v) is 25.6. The van der Waals surface area contributed by atoms with Crippen molar-refractivity contribution in [3.63, 3.8) is 0 Å². The van der Waals surface area contributed by atoms with Crippen LogP contribution in [0.3, 0.4) is 0 Å². The van der Waals surface area contributed by atoms with Crippen LogP contribution in [-0.4, -0.2) is 106 Å². The molecule has 6 amide bonds. The number of carbonyl (C=O) groups is 5. The molecule has 0 bridgehead atoms. The maximum atomic E-state index is 15.0. The summed E-state index contributed by atoms with van der Waals surface area (Å²) in [5, 5.41) is 11.3. The van der Waals surface area contributed by atoms with E-state index in [9.17, 15) is 19.2 Å². The molecule has 4 rings (SSSR count). The van der Waals surface area contributed by atoms with Crippen molar-refractivity contribution in [3.05, 3.63) is 102 Å². The van der Waals surface area contributed by atoms with Gasteiger partial charge in [0.2, 0.25) is 11.8 Å². The average molecular weight is 916 g/mol. The fourth-order valence-corrected chi connectivity index (χ4v) is 8.64. The molecule has 0 aromatic heterocycles. The lowest BCUT2D eigenvalue weighted by Crippen LogP contribution is -2.59. The number of methoxy groups -OCH3 is 1. The van der Waals surface area contributed by atoms with Crippen molar-refractivity contribution in [2.45, 2.75) is 129 Å². The number of urea groups is 1. The highest BCUT2D eigenvalue weighted by molar-refractivity contribution is 6.74. The number of morpholine rings is 1. The second-order valence-electron chi connectivity index (χ2n) is 19.7. The van der Waals surface area contributed by atoms with Gasteiger partial charge in [0.15, 0.2) is 8.32 Å². The summed E-state index contributed by atoms with van der Waals surface area (Å²) in [6, 6.07) is 23.1. The van der Waals surface area contributed by atoms with Crippen molar-refractivity contribution in [2.24, 2.45) is 11.8 Å². The summed E-state index contributed by atoms with van der Waals surface area (Å²) in [7, 11) is -1.00. The number of carbonyl (C=O) groups excluding carboxylic acids is 5. The number of nitrogens with zero attached hydrogens (tertiary/aromatic N) is 1. The summed E-state index contributed by atoms with van der Waals surface area (Å²) >= 11 is 0. The van der Waals surface area contributed by atoms with Crippen molar-refractivity contribution in [2.75, 3.05) is 33.4 Å². The SMILES string of the molecule is COc1cccc(CC(CC(O[Si](C)(C)C(C)(C)C)C(Cc2ccccc2)NC(=O)OC(C)(C)C)C(=O)NC(C(=O)NC(Cc2ccccc2)C(=O)NC(=O)N2CCOCC2)C(C)C)c1. The quantitative estimate of drug-likeness (QED) is 0.0907. The van der Waals surface area contributed by atoms with Gasteiger partial charge in [-0.2, -0.15) is 0 Å². The van der Waals surface area contributed by atoms with Gasteiger partial charge in [0.25, 0.3) is 5.91 Å². The van der Waals surface area contributed by atoms with E-state index in [2.05, 4.69) is 55.1 Å². The van der Waals surface area contributed by atoms with Gasteiger partial charge in [0.05, 0.1) is 32.5 Å². The van der Waals surface area contributed by atoms with Gasteiger partial charge >= 0.3 is 12.1 Å². The van der Waals surface area contributed by atoms with Gasteiger partial charge < -0.3 is 39.5 Å². The van der Waals surface area contributed by atoms with E-state index in [1.165, 1.54) is 4.90 Å². The molecule has 356 valence electrons. The molecule has 15 heteroatoms. The molecule has 3 aromatic carbocycles. The number of nitrogens with one attached hydrogen (secondary N) is 4. The summed E-state index contributed by atoms with van der Waals surface area (Å²) in [6.07, 6.45) is -0.375. The summed E-state index contributed by atoms with van der Waals surface area (Å²) < 4.78 is 24.0. The van der Waals surface area contributed by atoms with Gasteiger partial charge in [0.1, 0.15) is 23.4 Å². The summed E-state index contributed by atoms with van der Waals surface area (Å²) in [6.45, 7) is 21.1. The van der Waals surface area contributed by atoms with Gasteiger partial charge in [0, 0.05) is 25.4 Å². The Kier molecular flexibility index (Phi) is 19.2. The fourth-order valence-electron chi connectivity index (χ4n) is 7.26. The topological polar surface area (TPSA) is 174 Å². The van der Waals surface area contributed by atoms with Crippen molar-refractivity contribution >= 4 is 38.2 Å². The van der Waals surface area contributed by atoms with Crippen molar-refractivity contribution < 1.29 is 42.6 Å². The van der Waals surface area contributed by atoms with E-state index >= 15 is 4.79 Å². The molecule has 1 fully saturated rings. The minimum atomic E-state index is -2.59. The zero-order chi connectivity index (χ0) is 48.0. The summed E-state index contributed by atoms with van der Waals surface area (Å²) in [5.41, 5.74) is 1.79. The molecule has 1 aliphatic rings. The van der Waals surface area contributed by atoms with Crippen LogP contribution in [0.1, 0.15) is 78.5 Å². The molecule has 1 saturated heterocycles.